The van der Waals surface area contributed by atoms with Crippen molar-refractivity contribution in [2.24, 2.45) is 0 Å². The van der Waals surface area contributed by atoms with Gasteiger partial charge in [-0.25, -0.2) is 8.42 Å². The molecule has 7 nitrogen and oxygen atoms in total. The molecule has 0 spiro atoms. The Morgan fingerprint density at radius 1 is 0.903 bits per heavy atom. The van der Waals surface area contributed by atoms with E-state index in [4.69, 9.17) is 0 Å². The molecule has 2 aromatic carbocycles. The average molecular weight is 441 g/mol. The number of amides is 3. The van der Waals surface area contributed by atoms with Crippen molar-refractivity contribution >= 4 is 33.2 Å². The van der Waals surface area contributed by atoms with E-state index in [2.05, 4.69) is 5.32 Å². The molecule has 2 aromatic rings. The highest BCUT2D eigenvalue weighted by Crippen LogP contribution is 2.30. The SMILES string of the molecule is O=C(Nc1ccc(S(=O)(=O)C2CCCC2)cc1)c1ccc(CN2C(=O)CCC2=O)cc1. The van der Waals surface area contributed by atoms with Gasteiger partial charge in [-0.1, -0.05) is 25.0 Å². The zero-order chi connectivity index (χ0) is 22.0. The molecule has 1 N–H and O–H groups in total. The summed E-state index contributed by atoms with van der Waals surface area (Å²) in [5.74, 6) is -0.679. The van der Waals surface area contributed by atoms with Crippen LogP contribution in [0.1, 0.15) is 54.4 Å². The molecule has 1 saturated carbocycles. The molecule has 1 aliphatic heterocycles. The Morgan fingerprint density at radius 3 is 2.06 bits per heavy atom. The van der Waals surface area contributed by atoms with E-state index in [1.165, 1.54) is 17.0 Å². The molecule has 0 bridgehead atoms. The summed E-state index contributed by atoms with van der Waals surface area (Å²) < 4.78 is 25.3. The molecule has 0 aromatic heterocycles. The topological polar surface area (TPSA) is 101 Å². The first-order valence-electron chi connectivity index (χ1n) is 10.4. The molecule has 8 heteroatoms. The van der Waals surface area contributed by atoms with E-state index in [9.17, 15) is 22.8 Å². The molecule has 0 unspecified atom stereocenters. The van der Waals surface area contributed by atoms with Crippen LogP contribution in [0, 0.1) is 0 Å². The maximum absolute atomic E-state index is 12.7. The van der Waals surface area contributed by atoms with Gasteiger partial charge in [0.15, 0.2) is 9.84 Å². The van der Waals surface area contributed by atoms with Gasteiger partial charge in [0.1, 0.15) is 0 Å². The number of benzene rings is 2. The third-order valence-electron chi connectivity index (χ3n) is 5.89. The highest BCUT2D eigenvalue weighted by Gasteiger charge is 2.30. The molecular formula is C23H24N2O5S. The average Bonchev–Trinajstić information content (AvgIpc) is 3.41. The van der Waals surface area contributed by atoms with Crippen LogP contribution in [-0.2, 0) is 26.0 Å². The Bertz CT molecular complexity index is 1090. The molecule has 2 fully saturated rings. The number of rotatable bonds is 6. The largest absolute Gasteiger partial charge is 0.322 e. The fraction of sp³-hybridized carbons (Fsp3) is 0.348. The summed E-state index contributed by atoms with van der Waals surface area (Å²) in [4.78, 5) is 37.5. The summed E-state index contributed by atoms with van der Waals surface area (Å²) in [6.07, 6.45) is 3.80. The third kappa shape index (κ3) is 4.54. The van der Waals surface area contributed by atoms with E-state index in [-0.39, 0.29) is 47.3 Å². The van der Waals surface area contributed by atoms with Gasteiger partial charge in [0.2, 0.25) is 11.8 Å². The number of nitrogens with one attached hydrogen (secondary N) is 1. The third-order valence-corrected chi connectivity index (χ3v) is 8.17. The van der Waals surface area contributed by atoms with Crippen molar-refractivity contribution in [2.45, 2.75) is 55.2 Å². The maximum Gasteiger partial charge on any atom is 0.255 e. The number of hydrogen-bond acceptors (Lipinski definition) is 5. The van der Waals surface area contributed by atoms with E-state index in [1.54, 1.807) is 36.4 Å². The van der Waals surface area contributed by atoms with Crippen molar-refractivity contribution in [1.82, 2.24) is 4.90 Å². The van der Waals surface area contributed by atoms with Crippen LogP contribution in [0.25, 0.3) is 0 Å². The molecule has 0 atom stereocenters. The molecule has 2 aliphatic rings. The number of nitrogens with zero attached hydrogens (tertiary/aromatic N) is 1. The molecule has 3 amide bonds. The van der Waals surface area contributed by atoms with Crippen LogP contribution in [0.15, 0.2) is 53.4 Å². The fourth-order valence-corrected chi connectivity index (χ4v) is 5.92. The number of sulfone groups is 1. The number of imide groups is 1. The highest BCUT2D eigenvalue weighted by molar-refractivity contribution is 7.92. The van der Waals surface area contributed by atoms with Crippen molar-refractivity contribution in [3.05, 3.63) is 59.7 Å². The molecule has 4 rings (SSSR count). The van der Waals surface area contributed by atoms with Crippen molar-refractivity contribution < 1.29 is 22.8 Å². The van der Waals surface area contributed by atoms with Crippen molar-refractivity contribution in [3.8, 4) is 0 Å². The van der Waals surface area contributed by atoms with Gasteiger partial charge in [-0.15, -0.1) is 0 Å². The number of carbonyl (C=O) groups is 3. The van der Waals surface area contributed by atoms with Crippen LogP contribution in [0.4, 0.5) is 5.69 Å². The monoisotopic (exact) mass is 440 g/mol. The molecule has 31 heavy (non-hydrogen) atoms. The second kappa shape index (κ2) is 8.63. The number of hydrogen-bond donors (Lipinski definition) is 1. The molecule has 1 saturated heterocycles. The second-order valence-corrected chi connectivity index (χ2v) is 10.2. The Kier molecular flexibility index (Phi) is 5.91. The molecule has 1 aliphatic carbocycles. The van der Waals surface area contributed by atoms with E-state index >= 15 is 0 Å². The lowest BCUT2D eigenvalue weighted by Gasteiger charge is -2.14. The minimum absolute atomic E-state index is 0.176. The number of carbonyl (C=O) groups excluding carboxylic acids is 3. The summed E-state index contributed by atoms with van der Waals surface area (Å²) in [7, 11) is -3.32. The summed E-state index contributed by atoms with van der Waals surface area (Å²) in [6.45, 7) is 0.205. The van der Waals surface area contributed by atoms with Crippen LogP contribution in [0.3, 0.4) is 0 Å². The molecule has 0 radical (unpaired) electrons. The summed E-state index contributed by atoms with van der Waals surface area (Å²) in [5.41, 5.74) is 1.69. The molecule has 1 heterocycles. The van der Waals surface area contributed by atoms with Crippen molar-refractivity contribution in [3.63, 3.8) is 0 Å². The summed E-state index contributed by atoms with van der Waals surface area (Å²) in [6, 6.07) is 13.0. The van der Waals surface area contributed by atoms with Gasteiger partial charge in [-0.2, -0.15) is 0 Å². The lowest BCUT2D eigenvalue weighted by molar-refractivity contribution is -0.139. The summed E-state index contributed by atoms with van der Waals surface area (Å²) in [5, 5.41) is 2.45. The second-order valence-electron chi connectivity index (χ2n) is 8.00. The molecular weight excluding hydrogens is 416 g/mol. The predicted molar refractivity (Wildman–Crippen MR) is 115 cm³/mol. The van der Waals surface area contributed by atoms with Crippen LogP contribution >= 0.6 is 0 Å². The Balaban J connectivity index is 1.39. The zero-order valence-electron chi connectivity index (χ0n) is 17.0. The fourth-order valence-electron chi connectivity index (χ4n) is 4.07. The highest BCUT2D eigenvalue weighted by atomic mass is 32.2. The van der Waals surface area contributed by atoms with Gasteiger partial charge in [-0.05, 0) is 54.8 Å². The minimum Gasteiger partial charge on any atom is -0.322 e. The van der Waals surface area contributed by atoms with Crippen molar-refractivity contribution in [2.75, 3.05) is 5.32 Å². The van der Waals surface area contributed by atoms with E-state index in [0.717, 1.165) is 18.4 Å². The van der Waals surface area contributed by atoms with Gasteiger partial charge in [0, 0.05) is 24.1 Å². The first kappa shape index (κ1) is 21.2. The standard InChI is InChI=1S/C23H24N2O5S/c26-21-13-14-22(27)25(21)15-16-5-7-17(8-6-16)23(28)24-18-9-11-20(12-10-18)31(29,30)19-3-1-2-4-19/h5-12,19H,1-4,13-15H2,(H,24,28). The van der Waals surface area contributed by atoms with E-state index in [1.807, 2.05) is 0 Å². The maximum atomic E-state index is 12.7. The van der Waals surface area contributed by atoms with E-state index in [0.29, 0.717) is 24.1 Å². The van der Waals surface area contributed by atoms with Crippen LogP contribution in [-0.4, -0.2) is 36.3 Å². The van der Waals surface area contributed by atoms with Crippen LogP contribution in [0.5, 0.6) is 0 Å². The lowest BCUT2D eigenvalue weighted by Crippen LogP contribution is -2.28. The normalized spacial score (nSPS) is 17.4. The van der Waals surface area contributed by atoms with Gasteiger partial charge in [-0.3, -0.25) is 19.3 Å². The predicted octanol–water partition coefficient (Wildman–Crippen LogP) is 3.30. The first-order valence-corrected chi connectivity index (χ1v) is 12.0. The van der Waals surface area contributed by atoms with Crippen LogP contribution < -0.4 is 5.32 Å². The first-order chi connectivity index (χ1) is 14.8. The van der Waals surface area contributed by atoms with Gasteiger partial charge in [0.05, 0.1) is 16.7 Å². The van der Waals surface area contributed by atoms with Crippen LogP contribution in [0.2, 0.25) is 0 Å². The number of likely N-dealkylation sites (tertiary alicyclic amines) is 1. The Labute approximate surface area is 181 Å². The van der Waals surface area contributed by atoms with Gasteiger partial charge in [0.25, 0.3) is 5.91 Å². The Morgan fingerprint density at radius 2 is 1.48 bits per heavy atom. The minimum atomic E-state index is -3.32. The summed E-state index contributed by atoms with van der Waals surface area (Å²) >= 11 is 0. The number of anilines is 1. The Hall–Kier alpha value is -3.00. The van der Waals surface area contributed by atoms with Crippen molar-refractivity contribution in [1.29, 1.82) is 0 Å². The van der Waals surface area contributed by atoms with Gasteiger partial charge < -0.3 is 5.32 Å². The lowest BCUT2D eigenvalue weighted by atomic mass is 10.1. The molecule has 162 valence electrons. The quantitative estimate of drug-likeness (QED) is 0.695. The van der Waals surface area contributed by atoms with E-state index < -0.39 is 9.84 Å². The zero-order valence-corrected chi connectivity index (χ0v) is 17.9. The smallest absolute Gasteiger partial charge is 0.255 e. The van der Waals surface area contributed by atoms with Gasteiger partial charge >= 0.3 is 0 Å².